The minimum atomic E-state index is -0.207. The molecule has 31 heavy (non-hydrogen) atoms. The molecular formula is C23H26BrN3O4. The normalized spacial score (nSPS) is 10.7. The topological polar surface area (TPSA) is 74.6 Å². The summed E-state index contributed by atoms with van der Waals surface area (Å²) in [6.07, 6.45) is 1.47. The zero-order chi connectivity index (χ0) is 22.4. The highest BCUT2D eigenvalue weighted by atomic mass is 79.9. The fraction of sp³-hybridized carbons (Fsp3) is 0.304. The van der Waals surface area contributed by atoms with Crippen molar-refractivity contribution in [3.63, 3.8) is 0 Å². The number of allylic oxidation sites excluding steroid dienone is 1. The van der Waals surface area contributed by atoms with Crippen LogP contribution in [-0.4, -0.2) is 43.3 Å². The quantitative estimate of drug-likeness (QED) is 0.430. The number of nitrogens with zero attached hydrogens (tertiary/aromatic N) is 2. The molecule has 0 fully saturated rings. The van der Waals surface area contributed by atoms with E-state index in [1.165, 1.54) is 21.3 Å². The monoisotopic (exact) mass is 487 g/mol. The summed E-state index contributed by atoms with van der Waals surface area (Å²) in [5.41, 5.74) is 2.46. The fourth-order valence-electron chi connectivity index (χ4n) is 3.43. The van der Waals surface area contributed by atoms with Gasteiger partial charge in [0, 0.05) is 23.0 Å². The van der Waals surface area contributed by atoms with Crippen LogP contribution in [0.1, 0.15) is 22.6 Å². The number of nitrogens with one attached hydrogen (secondary N) is 1. The summed E-state index contributed by atoms with van der Waals surface area (Å²) in [5, 5.41) is 2.95. The van der Waals surface area contributed by atoms with E-state index < -0.39 is 0 Å². The molecule has 7 nitrogen and oxygen atoms in total. The molecule has 0 saturated carbocycles. The van der Waals surface area contributed by atoms with Crippen LogP contribution in [-0.2, 0) is 13.0 Å². The molecule has 2 aromatic carbocycles. The fourth-order valence-corrected chi connectivity index (χ4v) is 3.68. The van der Waals surface area contributed by atoms with E-state index in [-0.39, 0.29) is 5.91 Å². The second-order valence-corrected chi connectivity index (χ2v) is 8.02. The van der Waals surface area contributed by atoms with Gasteiger partial charge < -0.3 is 24.1 Å². The van der Waals surface area contributed by atoms with Gasteiger partial charge in [-0.05, 0) is 30.7 Å². The molecule has 164 valence electrons. The molecule has 0 unspecified atom stereocenters. The van der Waals surface area contributed by atoms with Crippen LogP contribution in [0.2, 0.25) is 0 Å². The Labute approximate surface area is 190 Å². The standard InChI is InChI=1S/C23H26BrN3O4/c1-15(24)14-27-18-9-6-5-8-17(18)26-21(27)10-7-11-25-23(28)16-12-19(29-2)22(31-4)20(13-16)30-3/h5-6,8-9,12-13H,1,7,10-11,14H2,2-4H3,(H,25,28). The van der Waals surface area contributed by atoms with Crippen molar-refractivity contribution < 1.29 is 19.0 Å². The Hall–Kier alpha value is -3.00. The number of halogens is 1. The molecule has 0 aliphatic heterocycles. The lowest BCUT2D eigenvalue weighted by Gasteiger charge is -2.14. The van der Waals surface area contributed by atoms with Crippen molar-refractivity contribution >= 4 is 32.9 Å². The van der Waals surface area contributed by atoms with E-state index >= 15 is 0 Å². The summed E-state index contributed by atoms with van der Waals surface area (Å²) in [4.78, 5) is 17.4. The largest absolute Gasteiger partial charge is 0.493 e. The molecule has 3 aromatic rings. The van der Waals surface area contributed by atoms with Crippen LogP contribution in [0.15, 0.2) is 47.5 Å². The van der Waals surface area contributed by atoms with Gasteiger partial charge in [0.05, 0.1) is 38.9 Å². The molecule has 0 aliphatic carbocycles. The number of carbonyl (C=O) groups is 1. The van der Waals surface area contributed by atoms with Gasteiger partial charge in [-0.1, -0.05) is 34.6 Å². The molecule has 0 aliphatic rings. The first kappa shape index (κ1) is 22.7. The molecule has 3 rings (SSSR count). The van der Waals surface area contributed by atoms with Crippen molar-refractivity contribution in [3.8, 4) is 17.2 Å². The Balaban J connectivity index is 1.66. The zero-order valence-corrected chi connectivity index (χ0v) is 19.5. The number of rotatable bonds is 10. The number of benzene rings is 2. The first-order chi connectivity index (χ1) is 15.0. The minimum Gasteiger partial charge on any atom is -0.493 e. The molecule has 1 heterocycles. The lowest BCUT2D eigenvalue weighted by Crippen LogP contribution is -2.25. The highest BCUT2D eigenvalue weighted by molar-refractivity contribution is 9.11. The number of amides is 1. The number of ether oxygens (including phenoxy) is 3. The van der Waals surface area contributed by atoms with Gasteiger partial charge in [-0.15, -0.1) is 0 Å². The first-order valence-electron chi connectivity index (χ1n) is 9.84. The Morgan fingerprint density at radius 2 is 1.81 bits per heavy atom. The first-order valence-corrected chi connectivity index (χ1v) is 10.6. The maximum atomic E-state index is 12.6. The number of methoxy groups -OCH3 is 3. The van der Waals surface area contributed by atoms with Gasteiger partial charge in [0.1, 0.15) is 5.82 Å². The second-order valence-electron chi connectivity index (χ2n) is 6.89. The van der Waals surface area contributed by atoms with Crippen LogP contribution in [0, 0.1) is 0 Å². The number of carbonyl (C=O) groups excluding carboxylic acids is 1. The van der Waals surface area contributed by atoms with E-state index in [1.807, 2.05) is 24.3 Å². The third-order valence-electron chi connectivity index (χ3n) is 4.85. The van der Waals surface area contributed by atoms with Crippen molar-refractivity contribution in [2.75, 3.05) is 27.9 Å². The summed E-state index contributed by atoms with van der Waals surface area (Å²) >= 11 is 3.45. The lowest BCUT2D eigenvalue weighted by molar-refractivity contribution is 0.0952. The Morgan fingerprint density at radius 3 is 2.42 bits per heavy atom. The van der Waals surface area contributed by atoms with Gasteiger partial charge in [-0.3, -0.25) is 4.79 Å². The van der Waals surface area contributed by atoms with E-state index in [4.69, 9.17) is 19.2 Å². The van der Waals surface area contributed by atoms with E-state index in [2.05, 4.69) is 32.4 Å². The van der Waals surface area contributed by atoms with Gasteiger partial charge in [0.15, 0.2) is 11.5 Å². The van der Waals surface area contributed by atoms with E-state index in [9.17, 15) is 4.79 Å². The molecule has 1 N–H and O–H groups in total. The van der Waals surface area contributed by atoms with Gasteiger partial charge in [-0.2, -0.15) is 0 Å². The van der Waals surface area contributed by atoms with Crippen LogP contribution in [0.25, 0.3) is 11.0 Å². The van der Waals surface area contributed by atoms with Crippen molar-refractivity contribution in [2.24, 2.45) is 0 Å². The zero-order valence-electron chi connectivity index (χ0n) is 17.9. The molecule has 0 saturated heterocycles. The maximum Gasteiger partial charge on any atom is 0.251 e. The molecule has 0 atom stereocenters. The van der Waals surface area contributed by atoms with Crippen LogP contribution < -0.4 is 19.5 Å². The Kier molecular flexibility index (Phi) is 7.57. The van der Waals surface area contributed by atoms with Gasteiger partial charge >= 0.3 is 0 Å². The van der Waals surface area contributed by atoms with Crippen molar-refractivity contribution in [1.29, 1.82) is 0 Å². The predicted octanol–water partition coefficient (Wildman–Crippen LogP) is 4.33. The SMILES string of the molecule is C=C(Br)Cn1c(CCCNC(=O)c2cc(OC)c(OC)c(OC)c2)nc2ccccc21. The van der Waals surface area contributed by atoms with E-state index in [1.54, 1.807) is 12.1 Å². The molecule has 0 radical (unpaired) electrons. The second kappa shape index (κ2) is 10.3. The number of hydrogen-bond donors (Lipinski definition) is 1. The summed E-state index contributed by atoms with van der Waals surface area (Å²) < 4.78 is 19.0. The van der Waals surface area contributed by atoms with E-state index in [0.29, 0.717) is 35.9 Å². The number of imidazole rings is 1. The summed E-state index contributed by atoms with van der Waals surface area (Å²) in [6, 6.07) is 11.3. The van der Waals surface area contributed by atoms with Crippen LogP contribution in [0.4, 0.5) is 0 Å². The number of aryl methyl sites for hydroxylation is 1. The maximum absolute atomic E-state index is 12.6. The van der Waals surface area contributed by atoms with Gasteiger partial charge in [0.2, 0.25) is 5.75 Å². The minimum absolute atomic E-state index is 0.207. The highest BCUT2D eigenvalue weighted by Crippen LogP contribution is 2.38. The molecule has 1 amide bonds. The van der Waals surface area contributed by atoms with Crippen LogP contribution in [0.3, 0.4) is 0 Å². The molecule has 0 spiro atoms. The third kappa shape index (κ3) is 5.19. The summed E-state index contributed by atoms with van der Waals surface area (Å²) in [6.45, 7) is 5.11. The predicted molar refractivity (Wildman–Crippen MR) is 125 cm³/mol. The van der Waals surface area contributed by atoms with Crippen molar-refractivity contribution in [3.05, 3.63) is 58.8 Å². The average molecular weight is 488 g/mol. The van der Waals surface area contributed by atoms with Crippen molar-refractivity contribution in [2.45, 2.75) is 19.4 Å². The summed E-state index contributed by atoms with van der Waals surface area (Å²) in [5.74, 6) is 2.09. The number of para-hydroxylation sites is 2. The van der Waals surface area contributed by atoms with Crippen LogP contribution >= 0.6 is 15.9 Å². The van der Waals surface area contributed by atoms with Gasteiger partial charge in [0.25, 0.3) is 5.91 Å². The molecule has 1 aromatic heterocycles. The average Bonchev–Trinajstić information content (AvgIpc) is 3.12. The molecule has 0 bridgehead atoms. The Bertz CT molecular complexity index is 1070. The number of hydrogen-bond acceptors (Lipinski definition) is 5. The number of aromatic nitrogens is 2. The smallest absolute Gasteiger partial charge is 0.251 e. The molecule has 8 heteroatoms. The number of fused-ring (bicyclic) bond motifs is 1. The highest BCUT2D eigenvalue weighted by Gasteiger charge is 2.17. The van der Waals surface area contributed by atoms with E-state index in [0.717, 1.165) is 34.2 Å². The van der Waals surface area contributed by atoms with Gasteiger partial charge in [-0.25, -0.2) is 4.98 Å². The summed E-state index contributed by atoms with van der Waals surface area (Å²) in [7, 11) is 4.57. The molecular weight excluding hydrogens is 462 g/mol. The lowest BCUT2D eigenvalue weighted by atomic mass is 10.1. The van der Waals surface area contributed by atoms with Crippen LogP contribution in [0.5, 0.6) is 17.2 Å². The Morgan fingerprint density at radius 1 is 1.13 bits per heavy atom. The van der Waals surface area contributed by atoms with Crippen molar-refractivity contribution in [1.82, 2.24) is 14.9 Å². The third-order valence-corrected chi connectivity index (χ3v) is 5.10.